The van der Waals surface area contributed by atoms with Crippen molar-refractivity contribution in [3.63, 3.8) is 0 Å². The molecule has 1 saturated carbocycles. The van der Waals surface area contributed by atoms with Crippen LogP contribution in [-0.4, -0.2) is 30.1 Å². The molecule has 0 aliphatic heterocycles. The minimum Gasteiger partial charge on any atom is -0.476 e. The Balaban J connectivity index is 2.01. The van der Waals surface area contributed by atoms with E-state index in [1.165, 1.54) is 19.3 Å². The number of rotatable bonds is 6. The van der Waals surface area contributed by atoms with Gasteiger partial charge >= 0.3 is 0 Å². The van der Waals surface area contributed by atoms with Crippen LogP contribution >= 0.6 is 0 Å². The van der Waals surface area contributed by atoms with Crippen molar-refractivity contribution in [1.29, 1.82) is 0 Å². The fraction of sp³-hybridized carbons (Fsp3) is 0.625. The van der Waals surface area contributed by atoms with Gasteiger partial charge in [0.15, 0.2) is 0 Å². The number of aromatic nitrogens is 1. The van der Waals surface area contributed by atoms with Crippen molar-refractivity contribution in [2.75, 3.05) is 19.0 Å². The summed E-state index contributed by atoms with van der Waals surface area (Å²) in [5.74, 6) is 0.496. The van der Waals surface area contributed by atoms with Gasteiger partial charge < -0.3 is 15.4 Å². The summed E-state index contributed by atoms with van der Waals surface area (Å²) in [5.41, 5.74) is 0.586. The van der Waals surface area contributed by atoms with E-state index in [2.05, 4.69) is 15.6 Å². The van der Waals surface area contributed by atoms with E-state index < -0.39 is 0 Å². The fourth-order valence-corrected chi connectivity index (χ4v) is 2.98. The van der Waals surface area contributed by atoms with E-state index in [9.17, 15) is 4.79 Å². The van der Waals surface area contributed by atoms with Crippen LogP contribution in [0.3, 0.4) is 0 Å². The lowest BCUT2D eigenvalue weighted by Gasteiger charge is -2.36. The summed E-state index contributed by atoms with van der Waals surface area (Å²) >= 11 is 0. The number of hydrogen-bond acceptors (Lipinski definition) is 4. The van der Waals surface area contributed by atoms with Gasteiger partial charge in [0.05, 0.1) is 6.61 Å². The second-order valence-corrected chi connectivity index (χ2v) is 5.61. The van der Waals surface area contributed by atoms with Gasteiger partial charge in [0.25, 0.3) is 0 Å². The molecule has 0 bridgehead atoms. The smallest absolute Gasteiger partial charge is 0.237 e. The van der Waals surface area contributed by atoms with Gasteiger partial charge in [0.2, 0.25) is 11.8 Å². The Morgan fingerprint density at radius 2 is 2.14 bits per heavy atom. The Labute approximate surface area is 126 Å². The Morgan fingerprint density at radius 1 is 1.38 bits per heavy atom. The molecule has 1 fully saturated rings. The molecule has 21 heavy (non-hydrogen) atoms. The van der Waals surface area contributed by atoms with Gasteiger partial charge in [-0.3, -0.25) is 4.79 Å². The van der Waals surface area contributed by atoms with Crippen LogP contribution < -0.4 is 15.4 Å². The van der Waals surface area contributed by atoms with E-state index in [1.807, 2.05) is 20.0 Å². The molecule has 1 amide bonds. The molecule has 0 saturated heterocycles. The van der Waals surface area contributed by atoms with E-state index in [4.69, 9.17) is 4.74 Å². The van der Waals surface area contributed by atoms with Gasteiger partial charge in [0, 0.05) is 18.2 Å². The highest BCUT2D eigenvalue weighted by atomic mass is 16.5. The van der Waals surface area contributed by atoms with Crippen LogP contribution in [0, 0.1) is 0 Å². The Hall–Kier alpha value is -1.62. The summed E-state index contributed by atoms with van der Waals surface area (Å²) in [7, 11) is 1.95. The van der Waals surface area contributed by atoms with Crippen LogP contribution in [0.4, 0.5) is 5.69 Å². The highest BCUT2D eigenvalue weighted by Gasteiger charge is 2.32. The number of nitrogens with zero attached hydrogens (tertiary/aromatic N) is 1. The Morgan fingerprint density at radius 3 is 2.81 bits per heavy atom. The molecule has 1 aliphatic carbocycles. The summed E-state index contributed by atoms with van der Waals surface area (Å²) < 4.78 is 5.44. The molecule has 2 N–H and O–H groups in total. The van der Waals surface area contributed by atoms with Crippen molar-refractivity contribution in [1.82, 2.24) is 10.3 Å². The highest BCUT2D eigenvalue weighted by molar-refractivity contribution is 5.92. The minimum absolute atomic E-state index is 0.0141. The van der Waals surface area contributed by atoms with Gasteiger partial charge in [-0.25, -0.2) is 4.98 Å². The molecule has 116 valence electrons. The predicted molar refractivity (Wildman–Crippen MR) is 83.5 cm³/mol. The lowest BCUT2D eigenvalue weighted by molar-refractivity contribution is -0.117. The number of carbonyl (C=O) groups excluding carboxylic acids is 1. The topological polar surface area (TPSA) is 63.2 Å². The van der Waals surface area contributed by atoms with Crippen molar-refractivity contribution >= 4 is 11.6 Å². The first-order valence-electron chi connectivity index (χ1n) is 7.76. The lowest BCUT2D eigenvalue weighted by atomic mass is 9.79. The van der Waals surface area contributed by atoms with Gasteiger partial charge in [-0.15, -0.1) is 0 Å². The first kappa shape index (κ1) is 15.8. The molecule has 0 aromatic carbocycles. The summed E-state index contributed by atoms with van der Waals surface area (Å²) in [6.45, 7) is 2.43. The second kappa shape index (κ2) is 7.41. The summed E-state index contributed by atoms with van der Waals surface area (Å²) in [5, 5.41) is 6.30. The van der Waals surface area contributed by atoms with Crippen LogP contribution in [0.2, 0.25) is 0 Å². The lowest BCUT2D eigenvalue weighted by Crippen LogP contribution is -2.47. The number of carbonyl (C=O) groups is 1. The van der Waals surface area contributed by atoms with Crippen molar-refractivity contribution < 1.29 is 9.53 Å². The standard InChI is InChI=1S/C16H25N3O2/c1-3-21-15-13(8-7-11-18-15)19-14(20)12-16(17-2)9-5-4-6-10-16/h7-8,11,17H,3-6,9-10,12H2,1-2H3,(H,19,20). The number of anilines is 1. The molecule has 5 heteroatoms. The zero-order valence-corrected chi connectivity index (χ0v) is 12.9. The molecule has 0 radical (unpaired) electrons. The third-order valence-corrected chi connectivity index (χ3v) is 4.17. The molecule has 1 aliphatic rings. The van der Waals surface area contributed by atoms with E-state index in [0.717, 1.165) is 12.8 Å². The highest BCUT2D eigenvalue weighted by Crippen LogP contribution is 2.31. The van der Waals surface area contributed by atoms with Gasteiger partial charge in [-0.1, -0.05) is 19.3 Å². The minimum atomic E-state index is -0.0592. The number of ether oxygens (including phenoxy) is 1. The third kappa shape index (κ3) is 4.17. The summed E-state index contributed by atoms with van der Waals surface area (Å²) in [4.78, 5) is 16.5. The number of amides is 1. The van der Waals surface area contributed by atoms with Gasteiger partial charge in [-0.05, 0) is 38.9 Å². The number of pyridine rings is 1. The first-order chi connectivity index (χ1) is 10.2. The zero-order chi connectivity index (χ0) is 15.1. The quantitative estimate of drug-likeness (QED) is 0.846. The third-order valence-electron chi connectivity index (χ3n) is 4.17. The molecule has 2 rings (SSSR count). The largest absolute Gasteiger partial charge is 0.476 e. The Bertz CT molecular complexity index is 470. The van der Waals surface area contributed by atoms with Crippen molar-refractivity contribution in [3.05, 3.63) is 18.3 Å². The maximum Gasteiger partial charge on any atom is 0.237 e. The van der Waals surface area contributed by atoms with Crippen molar-refractivity contribution in [2.24, 2.45) is 0 Å². The van der Waals surface area contributed by atoms with E-state index >= 15 is 0 Å². The first-order valence-corrected chi connectivity index (χ1v) is 7.76. The number of nitrogens with one attached hydrogen (secondary N) is 2. The van der Waals surface area contributed by atoms with Gasteiger partial charge in [-0.2, -0.15) is 0 Å². The maximum atomic E-state index is 12.4. The maximum absolute atomic E-state index is 12.4. The van der Waals surface area contributed by atoms with Crippen LogP contribution in [0.15, 0.2) is 18.3 Å². The van der Waals surface area contributed by atoms with E-state index in [0.29, 0.717) is 24.6 Å². The fourth-order valence-electron chi connectivity index (χ4n) is 2.98. The predicted octanol–water partition coefficient (Wildman–Crippen LogP) is 2.73. The van der Waals surface area contributed by atoms with Crippen molar-refractivity contribution in [2.45, 2.75) is 51.0 Å². The molecule has 1 heterocycles. The molecular formula is C16H25N3O2. The van der Waals surface area contributed by atoms with E-state index in [1.54, 1.807) is 12.3 Å². The summed E-state index contributed by atoms with van der Waals surface area (Å²) in [6, 6.07) is 3.62. The average molecular weight is 291 g/mol. The van der Waals surface area contributed by atoms with Crippen LogP contribution in [-0.2, 0) is 4.79 Å². The molecule has 5 nitrogen and oxygen atoms in total. The van der Waals surface area contributed by atoms with Gasteiger partial charge in [0.1, 0.15) is 5.69 Å². The normalized spacial score (nSPS) is 17.2. The van der Waals surface area contributed by atoms with Crippen LogP contribution in [0.25, 0.3) is 0 Å². The van der Waals surface area contributed by atoms with E-state index in [-0.39, 0.29) is 11.4 Å². The molecule has 1 aromatic heterocycles. The molecule has 0 atom stereocenters. The average Bonchev–Trinajstić information content (AvgIpc) is 2.50. The van der Waals surface area contributed by atoms with Crippen LogP contribution in [0.5, 0.6) is 5.88 Å². The van der Waals surface area contributed by atoms with Crippen LogP contribution in [0.1, 0.15) is 45.4 Å². The summed E-state index contributed by atoms with van der Waals surface area (Å²) in [6.07, 6.45) is 7.91. The molecule has 0 unspecified atom stereocenters. The number of hydrogen-bond donors (Lipinski definition) is 2. The zero-order valence-electron chi connectivity index (χ0n) is 12.9. The second-order valence-electron chi connectivity index (χ2n) is 5.61. The van der Waals surface area contributed by atoms with Crippen molar-refractivity contribution in [3.8, 4) is 5.88 Å². The molecule has 0 spiro atoms. The Kier molecular flexibility index (Phi) is 5.56. The SMILES string of the molecule is CCOc1ncccc1NC(=O)CC1(NC)CCCCC1. The molecular weight excluding hydrogens is 266 g/mol. The molecule has 1 aromatic rings. The monoisotopic (exact) mass is 291 g/mol.